The molecule has 2 atom stereocenters. The molecule has 4 rings (SSSR count). The Balaban J connectivity index is 1.67. The molecule has 0 fully saturated rings. The van der Waals surface area contributed by atoms with E-state index in [2.05, 4.69) is 5.32 Å². The molecule has 0 saturated heterocycles. The van der Waals surface area contributed by atoms with Gasteiger partial charge in [0.15, 0.2) is 11.9 Å². The monoisotopic (exact) mass is 359 g/mol. The van der Waals surface area contributed by atoms with E-state index in [0.29, 0.717) is 17.9 Å². The quantitative estimate of drug-likeness (QED) is 0.705. The lowest BCUT2D eigenvalue weighted by Crippen LogP contribution is -2.42. The first kappa shape index (κ1) is 17.2. The molecule has 27 heavy (non-hydrogen) atoms. The Morgan fingerprint density at radius 2 is 1.63 bits per heavy atom. The minimum absolute atomic E-state index is 0.0274. The van der Waals surface area contributed by atoms with Crippen molar-refractivity contribution in [3.63, 3.8) is 0 Å². The lowest BCUT2D eigenvalue weighted by Gasteiger charge is -2.33. The van der Waals surface area contributed by atoms with E-state index in [-0.39, 0.29) is 5.78 Å². The molecule has 0 radical (unpaired) electrons. The van der Waals surface area contributed by atoms with Crippen molar-refractivity contribution in [2.45, 2.75) is 19.1 Å². The fraction of sp³-hybridized carbons (Fsp3) is 0.174. The summed E-state index contributed by atoms with van der Waals surface area (Å²) in [7, 11) is 0. The van der Waals surface area contributed by atoms with E-state index >= 15 is 0 Å². The number of fused-ring (bicyclic) bond motifs is 1. The van der Waals surface area contributed by atoms with E-state index in [1.54, 1.807) is 0 Å². The third-order valence-corrected chi connectivity index (χ3v) is 4.61. The first-order valence-corrected chi connectivity index (χ1v) is 9.10. The molecule has 0 spiro atoms. The maximum atomic E-state index is 13.2. The third kappa shape index (κ3) is 3.51. The zero-order valence-electron chi connectivity index (χ0n) is 15.1. The topological polar surface area (TPSA) is 47.6 Å². The minimum Gasteiger partial charge on any atom is -0.494 e. The first-order valence-electron chi connectivity index (χ1n) is 9.10. The molecule has 0 saturated carbocycles. The molecule has 4 nitrogen and oxygen atoms in total. The van der Waals surface area contributed by atoms with Crippen LogP contribution in [0.1, 0.15) is 28.9 Å². The van der Waals surface area contributed by atoms with Crippen molar-refractivity contribution in [2.24, 2.45) is 0 Å². The average molecular weight is 359 g/mol. The van der Waals surface area contributed by atoms with Crippen molar-refractivity contribution < 1.29 is 14.3 Å². The molecule has 2 unspecified atom stereocenters. The van der Waals surface area contributed by atoms with Gasteiger partial charge in [0.1, 0.15) is 17.5 Å². The Morgan fingerprint density at radius 1 is 0.926 bits per heavy atom. The Hall–Kier alpha value is -3.27. The van der Waals surface area contributed by atoms with Gasteiger partial charge in [-0.1, -0.05) is 42.5 Å². The van der Waals surface area contributed by atoms with Crippen LogP contribution in [0.5, 0.6) is 11.5 Å². The summed E-state index contributed by atoms with van der Waals surface area (Å²) < 4.78 is 11.7. The Kier molecular flexibility index (Phi) is 4.79. The number of hydrogen-bond acceptors (Lipinski definition) is 4. The fourth-order valence-corrected chi connectivity index (χ4v) is 3.32. The van der Waals surface area contributed by atoms with Crippen LogP contribution in [0, 0.1) is 0 Å². The lowest BCUT2D eigenvalue weighted by atomic mass is 9.91. The van der Waals surface area contributed by atoms with Crippen LogP contribution in [-0.2, 0) is 0 Å². The van der Waals surface area contributed by atoms with Crippen molar-refractivity contribution in [3.8, 4) is 11.5 Å². The van der Waals surface area contributed by atoms with Gasteiger partial charge >= 0.3 is 0 Å². The largest absolute Gasteiger partial charge is 0.494 e. The summed E-state index contributed by atoms with van der Waals surface area (Å²) in [5, 5.41) is 3.36. The summed E-state index contributed by atoms with van der Waals surface area (Å²) in [5.74, 6) is 1.46. The van der Waals surface area contributed by atoms with E-state index in [4.69, 9.17) is 9.47 Å². The molecule has 4 heteroatoms. The summed E-state index contributed by atoms with van der Waals surface area (Å²) in [6.45, 7) is 2.57. The highest BCUT2D eigenvalue weighted by molar-refractivity contribution is 6.05. The number of nitrogens with one attached hydrogen (secondary N) is 1. The molecular formula is C23H21NO3. The van der Waals surface area contributed by atoms with Crippen molar-refractivity contribution in [1.29, 1.82) is 0 Å². The smallest absolute Gasteiger partial charge is 0.192 e. The second-order valence-electron chi connectivity index (χ2n) is 6.39. The molecule has 0 aliphatic carbocycles. The summed E-state index contributed by atoms with van der Waals surface area (Å²) >= 11 is 0. The number of para-hydroxylation sites is 1. The molecule has 1 heterocycles. The van der Waals surface area contributed by atoms with Crippen LogP contribution in [0.15, 0.2) is 78.9 Å². The molecule has 1 N–H and O–H groups in total. The number of carbonyl (C=O) groups is 1. The Bertz CT molecular complexity index is 922. The predicted octanol–water partition coefficient (Wildman–Crippen LogP) is 4.88. The van der Waals surface area contributed by atoms with Gasteiger partial charge in [-0.05, 0) is 48.9 Å². The average Bonchev–Trinajstić information content (AvgIpc) is 2.72. The third-order valence-electron chi connectivity index (χ3n) is 4.61. The second-order valence-corrected chi connectivity index (χ2v) is 6.39. The highest BCUT2D eigenvalue weighted by Crippen LogP contribution is 2.36. The summed E-state index contributed by atoms with van der Waals surface area (Å²) in [6, 6.07) is 24.3. The van der Waals surface area contributed by atoms with E-state index < -0.39 is 12.1 Å². The van der Waals surface area contributed by atoms with Gasteiger partial charge in [-0.2, -0.15) is 0 Å². The summed E-state index contributed by atoms with van der Waals surface area (Å²) in [5.41, 5.74) is 2.41. The fourth-order valence-electron chi connectivity index (χ4n) is 3.32. The lowest BCUT2D eigenvalue weighted by molar-refractivity contribution is 0.0812. The standard InChI is InChI=1S/C23H21NO3/c1-2-26-18-14-12-17(13-15-18)24-21-22(25)19-10-6-7-11-20(19)27-23(21)16-8-4-3-5-9-16/h3-15,21,23-24H,2H2,1H3. The molecule has 1 aliphatic heterocycles. The van der Waals surface area contributed by atoms with Gasteiger partial charge in [-0.15, -0.1) is 0 Å². The normalized spacial score (nSPS) is 18.3. The van der Waals surface area contributed by atoms with Crippen molar-refractivity contribution in [1.82, 2.24) is 0 Å². The van der Waals surface area contributed by atoms with Crippen LogP contribution in [0.25, 0.3) is 0 Å². The number of ether oxygens (including phenoxy) is 2. The first-order chi connectivity index (χ1) is 13.3. The zero-order valence-corrected chi connectivity index (χ0v) is 15.1. The predicted molar refractivity (Wildman–Crippen MR) is 106 cm³/mol. The summed E-state index contributed by atoms with van der Waals surface area (Å²) in [4.78, 5) is 13.2. The molecule has 0 amide bonds. The number of Topliss-reactive ketones (excluding diaryl/α,β-unsaturated/α-hetero) is 1. The van der Waals surface area contributed by atoms with Gasteiger partial charge < -0.3 is 14.8 Å². The molecule has 3 aromatic rings. The number of hydrogen-bond donors (Lipinski definition) is 1. The van der Waals surface area contributed by atoms with Crippen LogP contribution < -0.4 is 14.8 Å². The van der Waals surface area contributed by atoms with E-state index in [1.807, 2.05) is 85.8 Å². The highest BCUT2D eigenvalue weighted by Gasteiger charge is 2.38. The highest BCUT2D eigenvalue weighted by atomic mass is 16.5. The molecule has 3 aromatic carbocycles. The van der Waals surface area contributed by atoms with Crippen LogP contribution in [0.2, 0.25) is 0 Å². The van der Waals surface area contributed by atoms with E-state index in [9.17, 15) is 4.79 Å². The number of carbonyl (C=O) groups excluding carboxylic acids is 1. The van der Waals surface area contributed by atoms with E-state index in [0.717, 1.165) is 17.0 Å². The van der Waals surface area contributed by atoms with E-state index in [1.165, 1.54) is 0 Å². The van der Waals surface area contributed by atoms with Gasteiger partial charge in [0.25, 0.3) is 0 Å². The molecule has 0 aromatic heterocycles. The van der Waals surface area contributed by atoms with Crippen molar-refractivity contribution in [2.75, 3.05) is 11.9 Å². The molecule has 1 aliphatic rings. The van der Waals surface area contributed by atoms with Gasteiger partial charge in [0.2, 0.25) is 0 Å². The van der Waals surface area contributed by atoms with Crippen LogP contribution in [0.4, 0.5) is 5.69 Å². The maximum Gasteiger partial charge on any atom is 0.192 e. The minimum atomic E-state index is -0.514. The van der Waals surface area contributed by atoms with Gasteiger partial charge in [-0.3, -0.25) is 4.79 Å². The Labute approximate surface area is 158 Å². The summed E-state index contributed by atoms with van der Waals surface area (Å²) in [6.07, 6.45) is -0.403. The second kappa shape index (κ2) is 7.54. The number of rotatable bonds is 5. The maximum absolute atomic E-state index is 13.2. The SMILES string of the molecule is CCOc1ccc(NC2C(=O)c3ccccc3OC2c2ccccc2)cc1. The number of anilines is 1. The zero-order chi connectivity index (χ0) is 18.6. The number of ketones is 1. The van der Waals surface area contributed by atoms with Crippen molar-refractivity contribution >= 4 is 11.5 Å². The van der Waals surface area contributed by atoms with Gasteiger partial charge in [-0.25, -0.2) is 0 Å². The number of benzene rings is 3. The van der Waals surface area contributed by atoms with Gasteiger partial charge in [0, 0.05) is 5.69 Å². The molecule has 0 bridgehead atoms. The van der Waals surface area contributed by atoms with Gasteiger partial charge in [0.05, 0.1) is 12.2 Å². The Morgan fingerprint density at radius 3 is 2.37 bits per heavy atom. The molecular weight excluding hydrogens is 338 g/mol. The van der Waals surface area contributed by atoms with Crippen LogP contribution in [0.3, 0.4) is 0 Å². The van der Waals surface area contributed by atoms with Crippen LogP contribution >= 0.6 is 0 Å². The van der Waals surface area contributed by atoms with Crippen LogP contribution in [-0.4, -0.2) is 18.4 Å². The van der Waals surface area contributed by atoms with Crippen molar-refractivity contribution in [3.05, 3.63) is 90.0 Å². The molecule has 136 valence electrons.